The van der Waals surface area contributed by atoms with Crippen molar-refractivity contribution in [2.45, 2.75) is 6.42 Å². The van der Waals surface area contributed by atoms with Crippen LogP contribution < -0.4 is 10.6 Å². The molecule has 22 heavy (non-hydrogen) atoms. The van der Waals surface area contributed by atoms with E-state index in [0.29, 0.717) is 0 Å². The van der Waals surface area contributed by atoms with Gasteiger partial charge in [0.1, 0.15) is 12.1 Å². The van der Waals surface area contributed by atoms with E-state index in [4.69, 9.17) is 5.73 Å². The molecule has 1 aliphatic rings. The van der Waals surface area contributed by atoms with E-state index in [-0.39, 0.29) is 0 Å². The second kappa shape index (κ2) is 7.33. The maximum Gasteiger partial charge on any atom is 0.132 e. The van der Waals surface area contributed by atoms with Crippen molar-refractivity contribution < 1.29 is 0 Å². The third-order valence-corrected chi connectivity index (χ3v) is 4.10. The number of hydrogen-bond acceptors (Lipinski definition) is 5. The highest BCUT2D eigenvalue weighted by atomic mass is 15.3. The molecule has 1 saturated heterocycles. The third-order valence-electron chi connectivity index (χ3n) is 4.10. The van der Waals surface area contributed by atoms with Crippen LogP contribution in [0.1, 0.15) is 6.42 Å². The van der Waals surface area contributed by atoms with Crippen molar-refractivity contribution in [3.05, 3.63) is 42.7 Å². The highest BCUT2D eigenvalue weighted by Crippen LogP contribution is 2.21. The average molecular weight is 297 g/mol. The van der Waals surface area contributed by atoms with Crippen LogP contribution in [0.5, 0.6) is 0 Å². The molecule has 2 N–H and O–H groups in total. The van der Waals surface area contributed by atoms with E-state index in [2.05, 4.69) is 38.0 Å². The molecular weight excluding hydrogens is 274 g/mol. The fourth-order valence-electron chi connectivity index (χ4n) is 2.80. The first kappa shape index (κ1) is 14.9. The smallest absolute Gasteiger partial charge is 0.132 e. The number of nitrogens with two attached hydrogens (primary N) is 1. The van der Waals surface area contributed by atoms with Gasteiger partial charge in [-0.15, -0.1) is 0 Å². The van der Waals surface area contributed by atoms with Crippen LogP contribution in [0.4, 0.5) is 5.82 Å². The molecule has 2 heterocycles. The molecule has 5 heteroatoms. The van der Waals surface area contributed by atoms with Crippen LogP contribution in [-0.4, -0.2) is 54.1 Å². The second-order valence-electron chi connectivity index (χ2n) is 5.60. The number of piperazine rings is 1. The molecule has 0 aliphatic carbocycles. The predicted octanol–water partition coefficient (Wildman–Crippen LogP) is 1.61. The van der Waals surface area contributed by atoms with Crippen molar-refractivity contribution in [1.29, 1.82) is 0 Å². The lowest BCUT2D eigenvalue weighted by Crippen LogP contribution is -2.47. The van der Waals surface area contributed by atoms with Gasteiger partial charge in [-0.05, 0) is 19.5 Å². The number of benzene rings is 1. The Morgan fingerprint density at radius 3 is 2.50 bits per heavy atom. The molecule has 0 bridgehead atoms. The Kier molecular flexibility index (Phi) is 4.98. The highest BCUT2D eigenvalue weighted by Gasteiger charge is 2.18. The summed E-state index contributed by atoms with van der Waals surface area (Å²) in [4.78, 5) is 13.7. The predicted molar refractivity (Wildman–Crippen MR) is 89.8 cm³/mol. The largest absolute Gasteiger partial charge is 0.354 e. The third kappa shape index (κ3) is 3.61. The topological polar surface area (TPSA) is 58.3 Å². The highest BCUT2D eigenvalue weighted by molar-refractivity contribution is 5.62. The molecule has 1 fully saturated rings. The van der Waals surface area contributed by atoms with Crippen molar-refractivity contribution >= 4 is 5.82 Å². The van der Waals surface area contributed by atoms with Gasteiger partial charge in [0.15, 0.2) is 0 Å². The van der Waals surface area contributed by atoms with Crippen molar-refractivity contribution in [2.75, 3.05) is 44.2 Å². The summed E-state index contributed by atoms with van der Waals surface area (Å²) in [6, 6.07) is 12.3. The lowest BCUT2D eigenvalue weighted by molar-refractivity contribution is 0.256. The van der Waals surface area contributed by atoms with Crippen LogP contribution >= 0.6 is 0 Å². The summed E-state index contributed by atoms with van der Waals surface area (Å²) in [5.74, 6) is 1.02. The van der Waals surface area contributed by atoms with E-state index >= 15 is 0 Å². The van der Waals surface area contributed by atoms with E-state index in [0.717, 1.165) is 62.8 Å². The molecule has 1 aromatic carbocycles. The Hall–Kier alpha value is -1.98. The van der Waals surface area contributed by atoms with E-state index in [1.807, 2.05) is 18.2 Å². The van der Waals surface area contributed by atoms with E-state index in [1.54, 1.807) is 6.33 Å². The molecule has 1 aliphatic heterocycles. The molecule has 0 spiro atoms. The minimum atomic E-state index is 0.770. The monoisotopic (exact) mass is 297 g/mol. The molecule has 3 rings (SSSR count). The van der Waals surface area contributed by atoms with Gasteiger partial charge in [-0.1, -0.05) is 30.3 Å². The molecule has 0 amide bonds. The van der Waals surface area contributed by atoms with E-state index in [1.165, 1.54) is 0 Å². The summed E-state index contributed by atoms with van der Waals surface area (Å²) in [5.41, 5.74) is 7.70. The van der Waals surface area contributed by atoms with Gasteiger partial charge in [0.2, 0.25) is 0 Å². The first-order valence-corrected chi connectivity index (χ1v) is 7.91. The van der Waals surface area contributed by atoms with Gasteiger partial charge in [0, 0.05) is 37.8 Å². The lowest BCUT2D eigenvalue weighted by atomic mass is 10.1. The van der Waals surface area contributed by atoms with Crippen molar-refractivity contribution in [1.82, 2.24) is 14.9 Å². The van der Waals surface area contributed by atoms with Crippen molar-refractivity contribution in [2.24, 2.45) is 5.73 Å². The maximum atomic E-state index is 5.58. The summed E-state index contributed by atoms with van der Waals surface area (Å²) in [6.45, 7) is 6.04. The maximum absolute atomic E-state index is 5.58. The van der Waals surface area contributed by atoms with Crippen LogP contribution in [0.15, 0.2) is 42.7 Å². The Labute approximate surface area is 131 Å². The molecule has 0 radical (unpaired) electrons. The number of rotatable bonds is 5. The quantitative estimate of drug-likeness (QED) is 0.908. The average Bonchev–Trinajstić information content (AvgIpc) is 2.61. The molecule has 0 saturated carbocycles. The van der Waals surface area contributed by atoms with Gasteiger partial charge in [0.05, 0.1) is 5.69 Å². The van der Waals surface area contributed by atoms with Gasteiger partial charge in [-0.3, -0.25) is 4.90 Å². The zero-order chi connectivity index (χ0) is 15.2. The first-order chi connectivity index (χ1) is 10.9. The Balaban J connectivity index is 1.66. The number of hydrogen-bond donors (Lipinski definition) is 1. The van der Waals surface area contributed by atoms with E-state index in [9.17, 15) is 0 Å². The molecular formula is C17H23N5. The van der Waals surface area contributed by atoms with Crippen molar-refractivity contribution in [3.8, 4) is 11.3 Å². The molecule has 5 nitrogen and oxygen atoms in total. The van der Waals surface area contributed by atoms with Gasteiger partial charge >= 0.3 is 0 Å². The van der Waals surface area contributed by atoms with Gasteiger partial charge in [-0.2, -0.15) is 0 Å². The number of anilines is 1. The molecule has 1 aromatic heterocycles. The fourth-order valence-corrected chi connectivity index (χ4v) is 2.80. The van der Waals surface area contributed by atoms with Crippen LogP contribution in [0, 0.1) is 0 Å². The standard InChI is InChI=1S/C17H23N5/c18-7-4-8-21-9-11-22(12-10-21)17-13-16(19-14-20-17)15-5-2-1-3-6-15/h1-3,5-6,13-14H,4,7-12,18H2. The van der Waals surface area contributed by atoms with Crippen LogP contribution in [0.25, 0.3) is 11.3 Å². The summed E-state index contributed by atoms with van der Waals surface area (Å²) in [7, 11) is 0. The number of nitrogens with zero attached hydrogens (tertiary/aromatic N) is 4. The van der Waals surface area contributed by atoms with Crippen LogP contribution in [0.2, 0.25) is 0 Å². The SMILES string of the molecule is NCCCN1CCN(c2cc(-c3ccccc3)ncn2)CC1. The normalized spacial score (nSPS) is 16.0. The molecule has 0 unspecified atom stereocenters. The first-order valence-electron chi connectivity index (χ1n) is 7.91. The number of aromatic nitrogens is 2. The lowest BCUT2D eigenvalue weighted by Gasteiger charge is -2.35. The second-order valence-corrected chi connectivity index (χ2v) is 5.60. The Morgan fingerprint density at radius 1 is 1.00 bits per heavy atom. The summed E-state index contributed by atoms with van der Waals surface area (Å²) in [5, 5.41) is 0. The molecule has 2 aromatic rings. The van der Waals surface area contributed by atoms with Crippen LogP contribution in [-0.2, 0) is 0 Å². The summed E-state index contributed by atoms with van der Waals surface area (Å²) in [6.07, 6.45) is 2.74. The molecule has 0 atom stereocenters. The van der Waals surface area contributed by atoms with Crippen LogP contribution in [0.3, 0.4) is 0 Å². The molecule has 116 valence electrons. The van der Waals surface area contributed by atoms with Gasteiger partial charge < -0.3 is 10.6 Å². The summed E-state index contributed by atoms with van der Waals surface area (Å²) < 4.78 is 0. The summed E-state index contributed by atoms with van der Waals surface area (Å²) >= 11 is 0. The minimum absolute atomic E-state index is 0.770. The fraction of sp³-hybridized carbons (Fsp3) is 0.412. The zero-order valence-corrected chi connectivity index (χ0v) is 12.9. The Morgan fingerprint density at radius 2 is 1.77 bits per heavy atom. The Bertz CT molecular complexity index is 579. The van der Waals surface area contributed by atoms with Crippen molar-refractivity contribution in [3.63, 3.8) is 0 Å². The minimum Gasteiger partial charge on any atom is -0.354 e. The van der Waals surface area contributed by atoms with E-state index < -0.39 is 0 Å². The zero-order valence-electron chi connectivity index (χ0n) is 12.9. The van der Waals surface area contributed by atoms with Gasteiger partial charge in [0.25, 0.3) is 0 Å². The van der Waals surface area contributed by atoms with Gasteiger partial charge in [-0.25, -0.2) is 9.97 Å².